The van der Waals surface area contributed by atoms with Crippen molar-refractivity contribution in [2.45, 2.75) is 31.2 Å². The second-order valence-electron chi connectivity index (χ2n) is 4.48. The van der Waals surface area contributed by atoms with Gasteiger partial charge in [0.15, 0.2) is 0 Å². The van der Waals surface area contributed by atoms with Crippen molar-refractivity contribution < 1.29 is 18.7 Å². The average Bonchev–Trinajstić information content (AvgIpc) is 2.20. The van der Waals surface area contributed by atoms with E-state index in [0.29, 0.717) is 10.6 Å². The second kappa shape index (κ2) is 4.72. The molecular weight excluding hydrogens is 264 g/mol. The molecule has 98 valence electrons. The van der Waals surface area contributed by atoms with Crippen molar-refractivity contribution in [3.63, 3.8) is 0 Å². The molecule has 1 saturated carbocycles. The van der Waals surface area contributed by atoms with Gasteiger partial charge in [0.2, 0.25) is 5.91 Å². The van der Waals surface area contributed by atoms with Gasteiger partial charge in [-0.2, -0.15) is 0 Å². The lowest BCUT2D eigenvalue weighted by Gasteiger charge is -2.35. The van der Waals surface area contributed by atoms with Crippen LogP contribution in [0.25, 0.3) is 0 Å². The van der Waals surface area contributed by atoms with Gasteiger partial charge in [-0.3, -0.25) is 4.79 Å². The van der Waals surface area contributed by atoms with Crippen molar-refractivity contribution in [2.24, 2.45) is 0 Å². The summed E-state index contributed by atoms with van der Waals surface area (Å²) < 4.78 is 25.2. The first-order valence-corrected chi connectivity index (χ1v) is 5.88. The van der Waals surface area contributed by atoms with Crippen LogP contribution in [0, 0.1) is 0 Å². The van der Waals surface area contributed by atoms with Crippen LogP contribution in [0.5, 0.6) is 5.75 Å². The largest absolute Gasteiger partial charge is 0.508 e. The number of nitrogens with one attached hydrogen (secondary N) is 1. The Bertz CT molecular complexity index is 471. The molecule has 6 heteroatoms. The summed E-state index contributed by atoms with van der Waals surface area (Å²) in [6.07, 6.45) is -0.658. The molecule has 0 aromatic heterocycles. The number of phenolic OH excluding ortho intramolecular Hbond substituents is 1. The molecule has 0 radical (unpaired) electrons. The van der Waals surface area contributed by atoms with Crippen LogP contribution in [-0.2, 0) is 11.2 Å². The van der Waals surface area contributed by atoms with Gasteiger partial charge in [0.25, 0.3) is 5.92 Å². The second-order valence-corrected chi connectivity index (χ2v) is 4.89. The first-order valence-electron chi connectivity index (χ1n) is 5.50. The van der Waals surface area contributed by atoms with Gasteiger partial charge in [0.1, 0.15) is 5.75 Å². The van der Waals surface area contributed by atoms with Gasteiger partial charge in [-0.25, -0.2) is 8.78 Å². The Labute approximate surface area is 108 Å². The van der Waals surface area contributed by atoms with Crippen molar-refractivity contribution in [3.05, 3.63) is 28.8 Å². The van der Waals surface area contributed by atoms with Gasteiger partial charge in [-0.15, -0.1) is 0 Å². The van der Waals surface area contributed by atoms with E-state index in [1.54, 1.807) is 0 Å². The lowest BCUT2D eigenvalue weighted by molar-refractivity contribution is -0.128. The molecule has 3 nitrogen and oxygen atoms in total. The first-order chi connectivity index (χ1) is 8.35. The SMILES string of the molecule is O=C(Cc1cc(O)ccc1Cl)NC1CC(F)(F)C1. The zero-order valence-electron chi connectivity index (χ0n) is 9.42. The normalized spacial score (nSPS) is 18.2. The summed E-state index contributed by atoms with van der Waals surface area (Å²) in [5, 5.41) is 12.1. The molecule has 2 N–H and O–H groups in total. The smallest absolute Gasteiger partial charge is 0.252 e. The zero-order valence-corrected chi connectivity index (χ0v) is 10.2. The van der Waals surface area contributed by atoms with E-state index in [4.69, 9.17) is 11.6 Å². The van der Waals surface area contributed by atoms with E-state index in [0.717, 1.165) is 0 Å². The summed E-state index contributed by atoms with van der Waals surface area (Å²) in [6.45, 7) is 0. The summed E-state index contributed by atoms with van der Waals surface area (Å²) in [6, 6.07) is 3.81. The fraction of sp³-hybridized carbons (Fsp3) is 0.417. The van der Waals surface area contributed by atoms with E-state index in [-0.39, 0.29) is 30.9 Å². The molecule has 0 heterocycles. The number of alkyl halides is 2. The van der Waals surface area contributed by atoms with Crippen LogP contribution in [0.2, 0.25) is 5.02 Å². The quantitative estimate of drug-likeness (QED) is 0.890. The van der Waals surface area contributed by atoms with E-state index in [1.807, 2.05) is 0 Å². The highest BCUT2D eigenvalue weighted by Gasteiger charge is 2.45. The summed E-state index contributed by atoms with van der Waals surface area (Å²) in [5.41, 5.74) is 0.472. The lowest BCUT2D eigenvalue weighted by Crippen LogP contribution is -2.50. The molecule has 0 spiro atoms. The monoisotopic (exact) mass is 275 g/mol. The minimum absolute atomic E-state index is 0.0115. The van der Waals surface area contributed by atoms with Crippen LogP contribution < -0.4 is 5.32 Å². The number of rotatable bonds is 3. The number of amides is 1. The summed E-state index contributed by atoms with van der Waals surface area (Å²) in [4.78, 5) is 11.6. The van der Waals surface area contributed by atoms with Crippen molar-refractivity contribution in [1.29, 1.82) is 0 Å². The number of phenols is 1. The van der Waals surface area contributed by atoms with Gasteiger partial charge < -0.3 is 10.4 Å². The molecule has 0 atom stereocenters. The van der Waals surface area contributed by atoms with E-state index in [2.05, 4.69) is 5.32 Å². The Morgan fingerprint density at radius 3 is 2.78 bits per heavy atom. The molecule has 1 fully saturated rings. The van der Waals surface area contributed by atoms with Crippen LogP contribution in [0.1, 0.15) is 18.4 Å². The summed E-state index contributed by atoms with van der Waals surface area (Å²) >= 11 is 5.86. The minimum atomic E-state index is -2.65. The molecular formula is C12H12ClF2NO2. The van der Waals surface area contributed by atoms with Crippen molar-refractivity contribution in [2.75, 3.05) is 0 Å². The highest BCUT2D eigenvalue weighted by atomic mass is 35.5. The van der Waals surface area contributed by atoms with Gasteiger partial charge >= 0.3 is 0 Å². The molecule has 0 bridgehead atoms. The number of halogens is 3. The van der Waals surface area contributed by atoms with Gasteiger partial charge in [-0.05, 0) is 23.8 Å². The standard InChI is InChI=1S/C12H12ClF2NO2/c13-10-2-1-9(17)3-7(10)4-11(18)16-8-5-12(14,15)6-8/h1-3,8,17H,4-6H2,(H,16,18). The van der Waals surface area contributed by atoms with Crippen LogP contribution in [0.15, 0.2) is 18.2 Å². The number of hydrogen-bond donors (Lipinski definition) is 2. The lowest BCUT2D eigenvalue weighted by atomic mass is 9.88. The Hall–Kier alpha value is -1.36. The summed E-state index contributed by atoms with van der Waals surface area (Å²) in [5.74, 6) is -3.01. The zero-order chi connectivity index (χ0) is 13.3. The Balaban J connectivity index is 1.90. The maximum absolute atomic E-state index is 12.6. The van der Waals surface area contributed by atoms with E-state index < -0.39 is 12.0 Å². The molecule has 1 aromatic rings. The van der Waals surface area contributed by atoms with Gasteiger partial charge in [-0.1, -0.05) is 11.6 Å². The molecule has 1 amide bonds. The highest BCUT2D eigenvalue weighted by molar-refractivity contribution is 6.31. The first kappa shape index (κ1) is 13.1. The maximum Gasteiger partial charge on any atom is 0.252 e. The van der Waals surface area contributed by atoms with Crippen LogP contribution >= 0.6 is 11.6 Å². The van der Waals surface area contributed by atoms with E-state index in [9.17, 15) is 18.7 Å². The Morgan fingerprint density at radius 1 is 1.50 bits per heavy atom. The molecule has 1 aliphatic rings. The number of hydrogen-bond acceptors (Lipinski definition) is 2. The van der Waals surface area contributed by atoms with Crippen LogP contribution in [0.3, 0.4) is 0 Å². The molecule has 1 aromatic carbocycles. The maximum atomic E-state index is 12.6. The Kier molecular flexibility index (Phi) is 3.43. The third-order valence-electron chi connectivity index (χ3n) is 2.84. The fourth-order valence-corrected chi connectivity index (χ4v) is 2.10. The number of carbonyl (C=O) groups is 1. The molecule has 18 heavy (non-hydrogen) atoms. The molecule has 1 aliphatic carbocycles. The molecule has 0 saturated heterocycles. The number of carbonyl (C=O) groups excluding carboxylic acids is 1. The van der Waals surface area contributed by atoms with Crippen molar-refractivity contribution in [1.82, 2.24) is 5.32 Å². The third kappa shape index (κ3) is 3.10. The Morgan fingerprint density at radius 2 is 2.17 bits per heavy atom. The van der Waals surface area contributed by atoms with Gasteiger partial charge in [0.05, 0.1) is 6.42 Å². The topological polar surface area (TPSA) is 49.3 Å². The van der Waals surface area contributed by atoms with Crippen molar-refractivity contribution in [3.8, 4) is 5.75 Å². The minimum Gasteiger partial charge on any atom is -0.508 e. The van der Waals surface area contributed by atoms with Crippen LogP contribution in [-0.4, -0.2) is 23.0 Å². The summed E-state index contributed by atoms with van der Waals surface area (Å²) in [7, 11) is 0. The van der Waals surface area contributed by atoms with Crippen molar-refractivity contribution >= 4 is 17.5 Å². The van der Waals surface area contributed by atoms with Crippen LogP contribution in [0.4, 0.5) is 8.78 Å². The molecule has 0 unspecified atom stereocenters. The fourth-order valence-electron chi connectivity index (χ4n) is 1.91. The van der Waals surface area contributed by atoms with Gasteiger partial charge in [0, 0.05) is 23.9 Å². The molecule has 2 rings (SSSR count). The highest BCUT2D eigenvalue weighted by Crippen LogP contribution is 2.37. The predicted octanol–water partition coefficient (Wildman–Crippen LogP) is 2.50. The molecule has 0 aliphatic heterocycles. The van der Waals surface area contributed by atoms with E-state index in [1.165, 1.54) is 18.2 Å². The van der Waals surface area contributed by atoms with E-state index >= 15 is 0 Å². The predicted molar refractivity (Wildman–Crippen MR) is 62.9 cm³/mol. The third-order valence-corrected chi connectivity index (χ3v) is 3.20. The average molecular weight is 276 g/mol. The number of benzene rings is 1. The number of aromatic hydroxyl groups is 1.